The van der Waals surface area contributed by atoms with Crippen LogP contribution in [0.1, 0.15) is 37.8 Å². The number of primary amides is 1. The second kappa shape index (κ2) is 15.2. The van der Waals surface area contributed by atoms with Crippen LogP contribution in [0.25, 0.3) is 0 Å². The minimum Gasteiger partial charge on any atom is -0.480 e. The number of carbonyl (C=O) groups is 5. The molecule has 0 aliphatic rings. The van der Waals surface area contributed by atoms with Crippen LogP contribution in [0.4, 0.5) is 0 Å². The van der Waals surface area contributed by atoms with Gasteiger partial charge in [0.25, 0.3) is 0 Å². The Morgan fingerprint density at radius 3 is 1.51 bits per heavy atom. The maximum Gasteiger partial charge on any atom is 0.326 e. The van der Waals surface area contributed by atoms with Crippen LogP contribution in [-0.4, -0.2) is 58.9 Å². The van der Waals surface area contributed by atoms with Gasteiger partial charge in [0.05, 0.1) is 12.5 Å². The van der Waals surface area contributed by atoms with Crippen molar-refractivity contribution >= 4 is 29.6 Å². The topological polar surface area (TPSA) is 194 Å². The maximum atomic E-state index is 13.5. The van der Waals surface area contributed by atoms with E-state index in [-0.39, 0.29) is 25.2 Å². The average molecular weight is 540 g/mol. The number of hydrogen-bond donors (Lipinski definition) is 6. The van der Waals surface area contributed by atoms with Crippen LogP contribution in [0.5, 0.6) is 0 Å². The number of carboxylic acids is 1. The van der Waals surface area contributed by atoms with Crippen molar-refractivity contribution in [1.82, 2.24) is 16.0 Å². The molecule has 0 aliphatic heterocycles. The third-order valence-electron chi connectivity index (χ3n) is 5.91. The Labute approximate surface area is 227 Å². The molecule has 0 fully saturated rings. The standard InChI is InChI=1S/C28H37N5O6/c1-17(2)13-23(28(38)39)33-27(37)22(15-19-11-7-4-8-12-19)32-26(36)21(14-18-9-5-3-6-10-18)31-25(35)20(29)16-24(30)34/h3-12,17,20-23H,13-16,29H2,1-2H3,(H2,30,34)(H,31,35)(H,32,36)(H,33,37)(H,38,39). The second-order valence-electron chi connectivity index (χ2n) is 9.81. The Morgan fingerprint density at radius 1 is 0.718 bits per heavy atom. The SMILES string of the molecule is CC(C)CC(NC(=O)C(Cc1ccccc1)NC(=O)C(Cc1ccccc1)NC(=O)C(N)CC(N)=O)C(=O)O. The van der Waals surface area contributed by atoms with Crippen LogP contribution in [0.2, 0.25) is 0 Å². The molecular weight excluding hydrogens is 502 g/mol. The van der Waals surface area contributed by atoms with Crippen molar-refractivity contribution in [3.63, 3.8) is 0 Å². The number of hydrogen-bond acceptors (Lipinski definition) is 6. The number of carbonyl (C=O) groups excluding carboxylic acids is 4. The number of rotatable bonds is 15. The summed E-state index contributed by atoms with van der Waals surface area (Å²) >= 11 is 0. The van der Waals surface area contributed by atoms with Crippen LogP contribution >= 0.6 is 0 Å². The monoisotopic (exact) mass is 539 g/mol. The lowest BCUT2D eigenvalue weighted by molar-refractivity contribution is -0.142. The van der Waals surface area contributed by atoms with Crippen molar-refractivity contribution in [3.8, 4) is 0 Å². The van der Waals surface area contributed by atoms with Gasteiger partial charge in [0, 0.05) is 12.8 Å². The highest BCUT2D eigenvalue weighted by molar-refractivity contribution is 5.95. The van der Waals surface area contributed by atoms with Gasteiger partial charge in [-0.2, -0.15) is 0 Å². The average Bonchev–Trinajstić information content (AvgIpc) is 2.87. The molecule has 0 saturated carbocycles. The molecule has 8 N–H and O–H groups in total. The lowest BCUT2D eigenvalue weighted by Gasteiger charge is -2.26. The minimum atomic E-state index is -1.26. The van der Waals surface area contributed by atoms with E-state index in [1.165, 1.54) is 0 Å². The smallest absolute Gasteiger partial charge is 0.326 e. The number of benzene rings is 2. The fourth-order valence-electron chi connectivity index (χ4n) is 3.94. The fraction of sp³-hybridized carbons (Fsp3) is 0.393. The highest BCUT2D eigenvalue weighted by Gasteiger charge is 2.31. The summed E-state index contributed by atoms with van der Waals surface area (Å²) in [4.78, 5) is 62.4. The summed E-state index contributed by atoms with van der Waals surface area (Å²) < 4.78 is 0. The molecule has 0 radical (unpaired) electrons. The molecule has 11 nitrogen and oxygen atoms in total. The third-order valence-corrected chi connectivity index (χ3v) is 5.91. The van der Waals surface area contributed by atoms with Crippen LogP contribution in [0.15, 0.2) is 60.7 Å². The number of nitrogens with one attached hydrogen (secondary N) is 3. The Kier molecular flexibility index (Phi) is 12.1. The molecule has 4 unspecified atom stereocenters. The van der Waals surface area contributed by atoms with Crippen molar-refractivity contribution in [2.24, 2.45) is 17.4 Å². The molecule has 4 amide bonds. The van der Waals surface area contributed by atoms with Gasteiger partial charge in [-0.15, -0.1) is 0 Å². The summed E-state index contributed by atoms with van der Waals surface area (Å²) in [7, 11) is 0. The summed E-state index contributed by atoms with van der Waals surface area (Å²) in [5.74, 6) is -4.04. The van der Waals surface area contributed by atoms with Crippen molar-refractivity contribution in [3.05, 3.63) is 71.8 Å². The maximum absolute atomic E-state index is 13.5. The second-order valence-corrected chi connectivity index (χ2v) is 9.81. The molecule has 210 valence electrons. The zero-order valence-electron chi connectivity index (χ0n) is 22.1. The molecule has 0 aromatic heterocycles. The van der Waals surface area contributed by atoms with Gasteiger partial charge >= 0.3 is 5.97 Å². The summed E-state index contributed by atoms with van der Waals surface area (Å²) in [6.07, 6.45) is -0.0411. The summed E-state index contributed by atoms with van der Waals surface area (Å²) in [6.45, 7) is 3.68. The highest BCUT2D eigenvalue weighted by atomic mass is 16.4. The van der Waals surface area contributed by atoms with Crippen LogP contribution in [0, 0.1) is 5.92 Å². The van der Waals surface area contributed by atoms with E-state index in [0.717, 1.165) is 11.1 Å². The molecular formula is C28H37N5O6. The van der Waals surface area contributed by atoms with Gasteiger partial charge in [0.15, 0.2) is 0 Å². The zero-order valence-corrected chi connectivity index (χ0v) is 22.1. The summed E-state index contributed by atoms with van der Waals surface area (Å²) in [5, 5.41) is 17.4. The first-order valence-electron chi connectivity index (χ1n) is 12.7. The van der Waals surface area contributed by atoms with E-state index in [1.807, 2.05) is 13.8 Å². The molecule has 0 spiro atoms. The molecule has 0 bridgehead atoms. The van der Waals surface area contributed by atoms with E-state index in [1.54, 1.807) is 60.7 Å². The molecule has 39 heavy (non-hydrogen) atoms. The molecule has 0 aliphatic carbocycles. The molecule has 4 atom stereocenters. The molecule has 0 saturated heterocycles. The normalized spacial score (nSPS) is 13.9. The number of aliphatic carboxylic acids is 1. The highest BCUT2D eigenvalue weighted by Crippen LogP contribution is 2.10. The lowest BCUT2D eigenvalue weighted by atomic mass is 10.0. The van der Waals surface area contributed by atoms with E-state index in [2.05, 4.69) is 16.0 Å². The molecule has 2 aromatic carbocycles. The quantitative estimate of drug-likeness (QED) is 0.187. The molecule has 11 heteroatoms. The van der Waals surface area contributed by atoms with Crippen molar-refractivity contribution in [1.29, 1.82) is 0 Å². The van der Waals surface area contributed by atoms with Gasteiger partial charge in [0.1, 0.15) is 18.1 Å². The van der Waals surface area contributed by atoms with E-state index in [4.69, 9.17) is 11.5 Å². The molecule has 2 aromatic rings. The fourth-order valence-corrected chi connectivity index (χ4v) is 3.94. The first kappa shape index (κ1) is 31.0. The van der Waals surface area contributed by atoms with Gasteiger partial charge in [-0.05, 0) is 23.5 Å². The number of nitrogens with two attached hydrogens (primary N) is 2. The Hall–Kier alpha value is -4.25. The zero-order chi connectivity index (χ0) is 28.9. The lowest BCUT2D eigenvalue weighted by Crippen LogP contribution is -2.58. The Bertz CT molecular complexity index is 1130. The predicted octanol–water partition coefficient (Wildman–Crippen LogP) is 0.260. The van der Waals surface area contributed by atoms with Gasteiger partial charge in [-0.3, -0.25) is 19.2 Å². The summed E-state index contributed by atoms with van der Waals surface area (Å²) in [6, 6.07) is 13.1. The van der Waals surface area contributed by atoms with Crippen LogP contribution < -0.4 is 27.4 Å². The van der Waals surface area contributed by atoms with Gasteiger partial charge < -0.3 is 32.5 Å². The van der Waals surface area contributed by atoms with Gasteiger partial charge in [-0.25, -0.2) is 4.79 Å². The van der Waals surface area contributed by atoms with E-state index in [9.17, 15) is 29.1 Å². The van der Waals surface area contributed by atoms with Gasteiger partial charge in [-0.1, -0.05) is 74.5 Å². The largest absolute Gasteiger partial charge is 0.480 e. The predicted molar refractivity (Wildman–Crippen MR) is 145 cm³/mol. The number of carboxylic acid groups (broad SMARTS) is 1. The van der Waals surface area contributed by atoms with Crippen molar-refractivity contribution in [2.75, 3.05) is 0 Å². The molecule has 2 rings (SSSR count). The van der Waals surface area contributed by atoms with E-state index in [0.29, 0.717) is 0 Å². The van der Waals surface area contributed by atoms with Crippen molar-refractivity contribution < 1.29 is 29.1 Å². The third kappa shape index (κ3) is 10.9. The first-order valence-corrected chi connectivity index (χ1v) is 12.7. The first-order chi connectivity index (χ1) is 18.5. The van der Waals surface area contributed by atoms with E-state index >= 15 is 0 Å². The number of amides is 4. The van der Waals surface area contributed by atoms with Crippen LogP contribution in [0.3, 0.4) is 0 Å². The Morgan fingerprint density at radius 2 is 1.13 bits per heavy atom. The Balaban J connectivity index is 2.30. The summed E-state index contributed by atoms with van der Waals surface area (Å²) in [5.41, 5.74) is 12.4. The van der Waals surface area contributed by atoms with Crippen molar-refractivity contribution in [2.45, 2.75) is 63.7 Å². The van der Waals surface area contributed by atoms with Gasteiger partial charge in [0.2, 0.25) is 23.6 Å². The van der Waals surface area contributed by atoms with E-state index < -0.39 is 60.2 Å². The molecule has 0 heterocycles. The minimum absolute atomic E-state index is 0.00337. The van der Waals surface area contributed by atoms with Crippen LogP contribution in [-0.2, 0) is 36.8 Å².